The number of hydrogen-bond donors (Lipinski definition) is 1. The van der Waals surface area contributed by atoms with Gasteiger partial charge in [-0.25, -0.2) is 4.79 Å². The van der Waals surface area contributed by atoms with Crippen molar-refractivity contribution in [2.24, 2.45) is 10.4 Å². The van der Waals surface area contributed by atoms with E-state index in [1.165, 1.54) is 18.2 Å². The first-order chi connectivity index (χ1) is 18.1. The van der Waals surface area contributed by atoms with Crippen LogP contribution in [-0.2, 0) is 9.53 Å². The molecule has 0 heterocycles. The Labute approximate surface area is 226 Å². The number of benzene rings is 3. The first kappa shape index (κ1) is 29.6. The molecule has 0 spiro atoms. The third kappa shape index (κ3) is 7.13. The Bertz CT molecular complexity index is 1310. The number of rotatable bonds is 8. The van der Waals surface area contributed by atoms with Gasteiger partial charge in [0.2, 0.25) is 0 Å². The molecule has 0 fully saturated rings. The van der Waals surface area contributed by atoms with Gasteiger partial charge in [-0.1, -0.05) is 60.7 Å². The highest BCUT2D eigenvalue weighted by molar-refractivity contribution is 6.13. The van der Waals surface area contributed by atoms with Crippen LogP contribution in [0.3, 0.4) is 0 Å². The Morgan fingerprint density at radius 1 is 0.846 bits per heavy atom. The lowest BCUT2D eigenvalue weighted by atomic mass is 9.75. The predicted octanol–water partition coefficient (Wildman–Crippen LogP) is 6.97. The number of nitrogen functional groups attached to an aromatic ring is 1. The third-order valence-electron chi connectivity index (χ3n) is 6.35. The van der Waals surface area contributed by atoms with Crippen molar-refractivity contribution in [3.8, 4) is 0 Å². The Morgan fingerprint density at radius 2 is 1.36 bits per heavy atom. The standard InChI is InChI=1S/C31H33F3N2O3/c1-20-18-23(16-17-24(20)35)25(37)19-30(5,31(32,33)34)27(28(38)39-29(2,3)4)36-26(21-12-8-6-9-13-21)22-14-10-7-11-15-22/h6-18,27H,19,35H2,1-5H3. The van der Waals surface area contributed by atoms with Crippen LogP contribution in [0.5, 0.6) is 0 Å². The zero-order valence-corrected chi connectivity index (χ0v) is 22.7. The summed E-state index contributed by atoms with van der Waals surface area (Å²) in [6.07, 6.45) is -6.01. The molecule has 39 heavy (non-hydrogen) atoms. The molecule has 0 bridgehead atoms. The monoisotopic (exact) mass is 538 g/mol. The SMILES string of the molecule is Cc1cc(C(=O)CC(C)(C(N=C(c2ccccc2)c2ccccc2)C(=O)OC(C)(C)C)C(F)(F)F)ccc1N. The van der Waals surface area contributed by atoms with Gasteiger partial charge in [0, 0.05) is 28.8 Å². The van der Waals surface area contributed by atoms with Crippen LogP contribution < -0.4 is 5.73 Å². The van der Waals surface area contributed by atoms with E-state index in [0.717, 1.165) is 6.92 Å². The summed E-state index contributed by atoms with van der Waals surface area (Å²) in [5, 5.41) is 0. The van der Waals surface area contributed by atoms with Crippen LogP contribution in [-0.4, -0.2) is 35.3 Å². The number of halogens is 3. The molecule has 0 aliphatic heterocycles. The first-order valence-corrected chi connectivity index (χ1v) is 12.5. The van der Waals surface area contributed by atoms with Crippen molar-refractivity contribution in [2.45, 2.75) is 58.9 Å². The van der Waals surface area contributed by atoms with Crippen LogP contribution in [0.1, 0.15) is 61.2 Å². The molecule has 0 amide bonds. The van der Waals surface area contributed by atoms with Gasteiger partial charge in [0.25, 0.3) is 0 Å². The predicted molar refractivity (Wildman–Crippen MR) is 147 cm³/mol. The van der Waals surface area contributed by atoms with Crippen LogP contribution in [0.2, 0.25) is 0 Å². The third-order valence-corrected chi connectivity index (χ3v) is 6.35. The number of aryl methyl sites for hydroxylation is 1. The maximum atomic E-state index is 15.0. The van der Waals surface area contributed by atoms with Gasteiger partial charge in [-0.15, -0.1) is 0 Å². The number of esters is 1. The lowest BCUT2D eigenvalue weighted by molar-refractivity contribution is -0.229. The number of alkyl halides is 3. The van der Waals surface area contributed by atoms with Gasteiger partial charge in [0.15, 0.2) is 11.8 Å². The fraction of sp³-hybridized carbons (Fsp3) is 0.323. The van der Waals surface area contributed by atoms with Crippen molar-refractivity contribution in [1.29, 1.82) is 0 Å². The second kappa shape index (κ2) is 11.4. The Hall–Kier alpha value is -3.94. The van der Waals surface area contributed by atoms with E-state index in [9.17, 15) is 22.8 Å². The van der Waals surface area contributed by atoms with E-state index >= 15 is 0 Å². The summed E-state index contributed by atoms with van der Waals surface area (Å²) in [6, 6.07) is 19.5. The maximum Gasteiger partial charge on any atom is 0.397 e. The van der Waals surface area contributed by atoms with Crippen molar-refractivity contribution in [1.82, 2.24) is 0 Å². The minimum absolute atomic E-state index is 0.0652. The highest BCUT2D eigenvalue weighted by Gasteiger charge is 2.60. The molecule has 5 nitrogen and oxygen atoms in total. The van der Waals surface area contributed by atoms with Crippen molar-refractivity contribution in [3.63, 3.8) is 0 Å². The topological polar surface area (TPSA) is 81.8 Å². The maximum absolute atomic E-state index is 15.0. The highest BCUT2D eigenvalue weighted by Crippen LogP contribution is 2.47. The summed E-state index contributed by atoms with van der Waals surface area (Å²) in [5.74, 6) is -1.96. The number of Topliss-reactive ketones (excluding diaryl/α,β-unsaturated/α-hetero) is 1. The van der Waals surface area contributed by atoms with Crippen LogP contribution in [0.4, 0.5) is 18.9 Å². The molecular formula is C31H33F3N2O3. The van der Waals surface area contributed by atoms with E-state index in [1.54, 1.807) is 88.4 Å². The van der Waals surface area contributed by atoms with E-state index in [2.05, 4.69) is 4.99 Å². The molecule has 0 aromatic heterocycles. The minimum atomic E-state index is -4.99. The quantitative estimate of drug-likeness (QED) is 0.145. The minimum Gasteiger partial charge on any atom is -0.458 e. The van der Waals surface area contributed by atoms with Crippen molar-refractivity contribution >= 4 is 23.2 Å². The van der Waals surface area contributed by atoms with Gasteiger partial charge in [0.05, 0.1) is 5.71 Å². The second-order valence-corrected chi connectivity index (χ2v) is 10.7. The van der Waals surface area contributed by atoms with Crippen LogP contribution in [0, 0.1) is 12.3 Å². The Kier molecular flexibility index (Phi) is 8.68. The number of carbonyl (C=O) groups excluding carboxylic acids is 2. The number of carbonyl (C=O) groups is 2. The molecule has 3 aromatic rings. The zero-order chi connectivity index (χ0) is 29.0. The van der Waals surface area contributed by atoms with E-state index in [0.29, 0.717) is 22.4 Å². The van der Waals surface area contributed by atoms with E-state index in [-0.39, 0.29) is 11.3 Å². The summed E-state index contributed by atoms with van der Waals surface area (Å²) >= 11 is 0. The van der Waals surface area contributed by atoms with Crippen molar-refractivity contribution < 1.29 is 27.5 Å². The largest absolute Gasteiger partial charge is 0.458 e. The molecule has 0 aliphatic rings. The molecule has 0 saturated heterocycles. The van der Waals surface area contributed by atoms with Gasteiger partial charge in [0.1, 0.15) is 11.0 Å². The molecule has 0 saturated carbocycles. The van der Waals surface area contributed by atoms with Gasteiger partial charge < -0.3 is 10.5 Å². The summed E-state index contributed by atoms with van der Waals surface area (Å²) < 4.78 is 50.4. The smallest absolute Gasteiger partial charge is 0.397 e. The van der Waals surface area contributed by atoms with Crippen LogP contribution in [0.25, 0.3) is 0 Å². The fourth-order valence-electron chi connectivity index (χ4n) is 4.09. The Balaban J connectivity index is 2.24. The second-order valence-electron chi connectivity index (χ2n) is 10.7. The molecule has 2 N–H and O–H groups in total. The van der Waals surface area contributed by atoms with Crippen LogP contribution in [0.15, 0.2) is 83.9 Å². The van der Waals surface area contributed by atoms with E-state index in [4.69, 9.17) is 10.5 Å². The van der Waals surface area contributed by atoms with Gasteiger partial charge in [-0.3, -0.25) is 9.79 Å². The number of aliphatic imine (C=N–C) groups is 1. The van der Waals surface area contributed by atoms with E-state index < -0.39 is 41.4 Å². The fourth-order valence-corrected chi connectivity index (χ4v) is 4.09. The number of anilines is 1. The molecule has 8 heteroatoms. The molecule has 3 aromatic carbocycles. The van der Waals surface area contributed by atoms with Gasteiger partial charge in [-0.2, -0.15) is 13.2 Å². The van der Waals surface area contributed by atoms with Crippen molar-refractivity contribution in [2.75, 3.05) is 5.73 Å². The highest BCUT2D eigenvalue weighted by atomic mass is 19.4. The molecule has 2 unspecified atom stereocenters. The summed E-state index contributed by atoms with van der Waals surface area (Å²) in [5.41, 5.74) is 4.10. The summed E-state index contributed by atoms with van der Waals surface area (Å²) in [7, 11) is 0. The molecule has 0 aliphatic carbocycles. The number of hydrogen-bond acceptors (Lipinski definition) is 5. The lowest BCUT2D eigenvalue weighted by Gasteiger charge is -2.37. The van der Waals surface area contributed by atoms with Crippen LogP contribution >= 0.6 is 0 Å². The average Bonchev–Trinajstić information content (AvgIpc) is 2.85. The number of nitrogens with zero attached hydrogens (tertiary/aromatic N) is 1. The lowest BCUT2D eigenvalue weighted by Crippen LogP contribution is -2.51. The van der Waals surface area contributed by atoms with Crippen molar-refractivity contribution in [3.05, 3.63) is 101 Å². The Morgan fingerprint density at radius 3 is 1.79 bits per heavy atom. The number of nitrogens with two attached hydrogens (primary N) is 1. The molecule has 3 rings (SSSR count). The zero-order valence-electron chi connectivity index (χ0n) is 22.7. The van der Waals surface area contributed by atoms with Gasteiger partial charge in [-0.05, 0) is 58.4 Å². The molecule has 206 valence electrons. The van der Waals surface area contributed by atoms with Gasteiger partial charge >= 0.3 is 12.1 Å². The normalized spacial score (nSPS) is 14.2. The number of ketones is 1. The van der Waals surface area contributed by atoms with E-state index in [1.807, 2.05) is 0 Å². The summed E-state index contributed by atoms with van der Waals surface area (Å²) in [4.78, 5) is 31.2. The molecule has 2 atom stereocenters. The first-order valence-electron chi connectivity index (χ1n) is 12.5. The molecule has 0 radical (unpaired) electrons. The summed E-state index contributed by atoms with van der Waals surface area (Å²) in [6.45, 7) is 7.20. The molecular weight excluding hydrogens is 505 g/mol. The number of ether oxygens (including phenoxy) is 1. The average molecular weight is 539 g/mol.